The fourth-order valence-electron chi connectivity index (χ4n) is 4.00. The van der Waals surface area contributed by atoms with Gasteiger partial charge in [-0.05, 0) is 17.4 Å². The van der Waals surface area contributed by atoms with E-state index in [4.69, 9.17) is 11.8 Å². The number of rotatable bonds is 1. The van der Waals surface area contributed by atoms with Crippen molar-refractivity contribution in [1.82, 2.24) is 0 Å². The first kappa shape index (κ1) is 15.3. The Morgan fingerprint density at radius 1 is 0.577 bits per heavy atom. The monoisotopic (exact) mass is 404 g/mol. The van der Waals surface area contributed by atoms with E-state index >= 15 is 0 Å². The van der Waals surface area contributed by atoms with Gasteiger partial charge in [-0.25, -0.2) is 0 Å². The van der Waals surface area contributed by atoms with Crippen LogP contribution in [0.1, 0.15) is 0 Å². The van der Waals surface area contributed by atoms with Crippen molar-refractivity contribution in [3.63, 3.8) is 0 Å². The summed E-state index contributed by atoms with van der Waals surface area (Å²) in [6, 6.07) is 26.3. The van der Waals surface area contributed by atoms with Crippen LogP contribution >= 0.6 is 28.7 Å². The molecule has 0 aliphatic carbocycles. The number of hydrogen-bond acceptors (Lipinski definition) is 3. The fraction of sp³-hybridized carbons (Fsp3) is 0. The Bertz CT molecular complexity index is 1270. The highest BCUT2D eigenvalue weighted by molar-refractivity contribution is 8.26. The molecule has 0 bridgehead atoms. The van der Waals surface area contributed by atoms with Gasteiger partial charge in [-0.15, -0.1) is 22.7 Å². The molecular weight excluding hydrogens is 391 g/mol. The standard InChI is InChI=1S/C22H13PS3/c24-23(14-8-2-1-3-9-14)19-15-10-4-6-12-17(15)25-21(19)22-20(23)16-11-5-7-13-18(16)26-22/h1-13H. The molecule has 4 heteroatoms. The van der Waals surface area contributed by atoms with Crippen LogP contribution in [0.25, 0.3) is 29.9 Å². The van der Waals surface area contributed by atoms with E-state index in [2.05, 4.69) is 78.9 Å². The Balaban J connectivity index is 1.86. The van der Waals surface area contributed by atoms with Crippen LogP contribution in [0.5, 0.6) is 0 Å². The van der Waals surface area contributed by atoms with E-state index in [1.807, 2.05) is 22.7 Å². The Kier molecular flexibility index (Phi) is 3.16. The van der Waals surface area contributed by atoms with E-state index in [1.54, 1.807) is 0 Å². The summed E-state index contributed by atoms with van der Waals surface area (Å²) in [5, 5.41) is 6.86. The van der Waals surface area contributed by atoms with Gasteiger partial charge in [0.15, 0.2) is 0 Å². The van der Waals surface area contributed by atoms with Gasteiger partial charge >= 0.3 is 0 Å². The average molecular weight is 405 g/mol. The van der Waals surface area contributed by atoms with E-state index in [0.717, 1.165) is 0 Å². The molecule has 0 amide bonds. The topological polar surface area (TPSA) is 0 Å². The van der Waals surface area contributed by atoms with Crippen LogP contribution in [0, 0.1) is 0 Å². The van der Waals surface area contributed by atoms with Crippen LogP contribution in [-0.4, -0.2) is 0 Å². The Labute approximate surface area is 164 Å². The van der Waals surface area contributed by atoms with Crippen molar-refractivity contribution in [3.8, 4) is 9.75 Å². The maximum absolute atomic E-state index is 6.63. The first-order valence-electron chi connectivity index (χ1n) is 8.49. The molecule has 0 nitrogen and oxygen atoms in total. The molecule has 0 spiro atoms. The lowest BCUT2D eigenvalue weighted by Gasteiger charge is -2.20. The van der Waals surface area contributed by atoms with Gasteiger partial charge in [-0.2, -0.15) is 0 Å². The Morgan fingerprint density at radius 3 is 1.58 bits per heavy atom. The molecule has 0 saturated carbocycles. The second-order valence-electron chi connectivity index (χ2n) is 6.50. The molecule has 0 radical (unpaired) electrons. The zero-order valence-corrected chi connectivity index (χ0v) is 17.0. The summed E-state index contributed by atoms with van der Waals surface area (Å²) in [7, 11) is 0. The molecule has 0 fully saturated rings. The number of benzene rings is 3. The SMILES string of the molecule is S=P1(c2ccccc2)c2c(sc3ccccc23)-c2sc3ccccc3c21. The largest absolute Gasteiger partial charge is 0.134 e. The predicted molar refractivity (Wildman–Crippen MR) is 122 cm³/mol. The molecule has 3 aromatic carbocycles. The third kappa shape index (κ3) is 1.82. The van der Waals surface area contributed by atoms with Crippen molar-refractivity contribution in [2.75, 3.05) is 0 Å². The average Bonchev–Trinajstić information content (AvgIpc) is 3.32. The lowest BCUT2D eigenvalue weighted by atomic mass is 10.2. The van der Waals surface area contributed by atoms with Crippen molar-refractivity contribution in [3.05, 3.63) is 78.9 Å². The molecule has 1 aliphatic rings. The van der Waals surface area contributed by atoms with E-state index in [1.165, 1.54) is 45.8 Å². The van der Waals surface area contributed by atoms with Gasteiger partial charge in [-0.1, -0.05) is 78.5 Å². The number of fused-ring (bicyclic) bond motifs is 7. The summed E-state index contributed by atoms with van der Waals surface area (Å²) in [5.41, 5.74) is 0. The molecule has 124 valence electrons. The zero-order valence-electron chi connectivity index (χ0n) is 13.7. The summed E-state index contributed by atoms with van der Waals surface area (Å²) < 4.78 is 2.71. The quantitative estimate of drug-likeness (QED) is 0.310. The van der Waals surface area contributed by atoms with Crippen molar-refractivity contribution in [2.45, 2.75) is 0 Å². The highest BCUT2D eigenvalue weighted by Gasteiger charge is 2.41. The van der Waals surface area contributed by atoms with Crippen molar-refractivity contribution in [1.29, 1.82) is 0 Å². The minimum atomic E-state index is -2.04. The van der Waals surface area contributed by atoms with Crippen LogP contribution in [0.15, 0.2) is 78.9 Å². The number of hydrogen-bond donors (Lipinski definition) is 0. The molecule has 6 rings (SSSR count). The molecule has 0 atom stereocenters. The van der Waals surface area contributed by atoms with Crippen molar-refractivity contribution < 1.29 is 0 Å². The van der Waals surface area contributed by atoms with Crippen LogP contribution < -0.4 is 15.9 Å². The maximum Gasteiger partial charge on any atom is 0.0553 e. The van der Waals surface area contributed by atoms with Crippen molar-refractivity contribution >= 4 is 76.6 Å². The summed E-state index contributed by atoms with van der Waals surface area (Å²) in [6.07, 6.45) is 0. The minimum absolute atomic E-state index is 1.31. The molecule has 3 heterocycles. The van der Waals surface area contributed by atoms with Crippen molar-refractivity contribution in [2.24, 2.45) is 0 Å². The molecular formula is C22H13PS3. The molecule has 0 N–H and O–H groups in total. The van der Waals surface area contributed by atoms with E-state index < -0.39 is 6.04 Å². The highest BCUT2D eigenvalue weighted by Crippen LogP contribution is 2.60. The predicted octanol–water partition coefficient (Wildman–Crippen LogP) is 5.85. The third-order valence-corrected chi connectivity index (χ3v) is 12.8. The smallest absolute Gasteiger partial charge is 0.0553 e. The Hall–Kier alpha value is -1.77. The molecule has 0 unspecified atom stereocenters. The van der Waals surface area contributed by atoms with Gasteiger partial charge in [-0.3, -0.25) is 0 Å². The lowest BCUT2D eigenvalue weighted by Crippen LogP contribution is -2.20. The zero-order chi connectivity index (χ0) is 17.3. The second-order valence-corrected chi connectivity index (χ2v) is 12.9. The fourth-order valence-corrected chi connectivity index (χ4v) is 12.8. The van der Waals surface area contributed by atoms with E-state index in [-0.39, 0.29) is 0 Å². The van der Waals surface area contributed by atoms with E-state index in [0.29, 0.717) is 0 Å². The molecule has 2 aromatic heterocycles. The van der Waals surface area contributed by atoms with Gasteiger partial charge < -0.3 is 0 Å². The van der Waals surface area contributed by atoms with Gasteiger partial charge in [0.2, 0.25) is 0 Å². The molecule has 1 aliphatic heterocycles. The maximum atomic E-state index is 6.63. The van der Waals surface area contributed by atoms with Gasteiger partial charge in [0.1, 0.15) is 0 Å². The minimum Gasteiger partial charge on any atom is -0.134 e. The normalized spacial score (nSPS) is 14.6. The van der Waals surface area contributed by atoms with Crippen LogP contribution in [0.2, 0.25) is 0 Å². The molecule has 0 saturated heterocycles. The third-order valence-electron chi connectivity index (χ3n) is 5.09. The summed E-state index contributed by atoms with van der Waals surface area (Å²) in [4.78, 5) is 2.82. The van der Waals surface area contributed by atoms with Crippen LogP contribution in [0.4, 0.5) is 0 Å². The van der Waals surface area contributed by atoms with Gasteiger partial charge in [0.05, 0.1) is 9.75 Å². The first-order valence-corrected chi connectivity index (χ1v) is 12.9. The number of thiophene rings is 2. The van der Waals surface area contributed by atoms with E-state index in [9.17, 15) is 0 Å². The van der Waals surface area contributed by atoms with Gasteiger partial charge in [0.25, 0.3) is 0 Å². The molecule has 26 heavy (non-hydrogen) atoms. The van der Waals surface area contributed by atoms with Crippen LogP contribution in [0.3, 0.4) is 0 Å². The second kappa shape index (κ2) is 5.37. The molecule has 5 aromatic rings. The lowest BCUT2D eigenvalue weighted by molar-refractivity contribution is 1.77. The van der Waals surface area contributed by atoms with Crippen LogP contribution in [-0.2, 0) is 11.8 Å². The summed E-state index contributed by atoms with van der Waals surface area (Å²) in [6.45, 7) is 0. The highest BCUT2D eigenvalue weighted by atomic mass is 32.4. The van der Waals surface area contributed by atoms with Gasteiger partial charge in [0, 0.05) is 36.8 Å². The Morgan fingerprint density at radius 2 is 1.04 bits per heavy atom. The summed E-state index contributed by atoms with van der Waals surface area (Å²) in [5.74, 6) is 0. The summed E-state index contributed by atoms with van der Waals surface area (Å²) >= 11 is 10.5. The first-order chi connectivity index (χ1) is 12.8.